The van der Waals surface area contributed by atoms with E-state index < -0.39 is 5.09 Å². The van der Waals surface area contributed by atoms with Crippen LogP contribution in [0.25, 0.3) is 0 Å². The molecule has 138 valence electrons. The van der Waals surface area contributed by atoms with Gasteiger partial charge in [0.25, 0.3) is 5.09 Å². The van der Waals surface area contributed by atoms with Gasteiger partial charge in [-0.2, -0.15) is 0 Å². The molecule has 0 aromatic rings. The highest BCUT2D eigenvalue weighted by Gasteiger charge is 2.68. The Morgan fingerprint density at radius 2 is 1.46 bits per heavy atom. The molecule has 0 spiro atoms. The van der Waals surface area contributed by atoms with Gasteiger partial charge in [0.1, 0.15) is 6.10 Å². The highest BCUT2D eigenvalue weighted by Crippen LogP contribution is 2.76. The van der Waals surface area contributed by atoms with Crippen molar-refractivity contribution < 1.29 is 9.92 Å². The molecule has 4 rings (SSSR count). The van der Waals surface area contributed by atoms with E-state index in [1.165, 1.54) is 44.9 Å². The minimum atomic E-state index is -0.586. The number of nitrogens with zero attached hydrogens (tertiary/aromatic N) is 1. The monoisotopic (exact) mass is 338 g/mol. The van der Waals surface area contributed by atoms with E-state index >= 15 is 0 Å². The Labute approximate surface area is 145 Å². The second kappa shape index (κ2) is 5.86. The Hall–Kier alpha value is -0.840. The van der Waals surface area contributed by atoms with E-state index in [-0.39, 0.29) is 16.9 Å². The van der Waals surface area contributed by atoms with Gasteiger partial charge in [-0.15, -0.1) is 10.1 Å². The molecule has 24 heavy (non-hydrogen) atoms. The van der Waals surface area contributed by atoms with E-state index in [4.69, 9.17) is 10.6 Å². The summed E-state index contributed by atoms with van der Waals surface area (Å²) in [6.45, 7) is 7.18. The first kappa shape index (κ1) is 18.0. The smallest absolute Gasteiger partial charge is 0.294 e. The van der Waals surface area contributed by atoms with Crippen LogP contribution < -0.4 is 5.73 Å². The largest absolute Gasteiger partial charge is 0.330 e. The van der Waals surface area contributed by atoms with Crippen molar-refractivity contribution in [1.82, 2.24) is 0 Å². The van der Waals surface area contributed by atoms with Crippen molar-refractivity contribution in [2.45, 2.75) is 91.1 Å². The van der Waals surface area contributed by atoms with Gasteiger partial charge in [0, 0.05) is 0 Å². The molecule has 3 unspecified atom stereocenters. The topological polar surface area (TPSA) is 78.4 Å². The van der Waals surface area contributed by atoms with E-state index in [1.54, 1.807) is 0 Å². The molecule has 0 aromatic carbocycles. The predicted octanol–water partition coefficient (Wildman–Crippen LogP) is 4.47. The Morgan fingerprint density at radius 1 is 1.00 bits per heavy atom. The number of hydrogen-bond donors (Lipinski definition) is 1. The summed E-state index contributed by atoms with van der Waals surface area (Å²) in [4.78, 5) is 16.2. The summed E-state index contributed by atoms with van der Waals surface area (Å²) in [5, 5.41) is 10.4. The van der Waals surface area contributed by atoms with E-state index in [0.717, 1.165) is 25.8 Å². The molecule has 0 aromatic heterocycles. The highest BCUT2D eigenvalue weighted by molar-refractivity contribution is 5.18. The van der Waals surface area contributed by atoms with Gasteiger partial charge in [0.05, 0.1) is 0 Å². The Balaban J connectivity index is 2.03. The summed E-state index contributed by atoms with van der Waals surface area (Å²) < 4.78 is 0. The van der Waals surface area contributed by atoms with Crippen LogP contribution in [0.2, 0.25) is 0 Å². The maximum absolute atomic E-state index is 11.0. The van der Waals surface area contributed by atoms with Gasteiger partial charge in [-0.25, -0.2) is 0 Å². The van der Waals surface area contributed by atoms with Crippen LogP contribution in [0.1, 0.15) is 85.0 Å². The van der Waals surface area contributed by atoms with E-state index in [2.05, 4.69) is 13.8 Å². The quantitative estimate of drug-likeness (QED) is 0.523. The van der Waals surface area contributed by atoms with Gasteiger partial charge in [0.15, 0.2) is 0 Å². The number of nitrogens with two attached hydrogens (primary N) is 1. The maximum atomic E-state index is 11.0. The maximum Gasteiger partial charge on any atom is 0.294 e. The molecule has 0 heterocycles. The zero-order valence-electron chi connectivity index (χ0n) is 15.6. The molecule has 0 radical (unpaired) electrons. The van der Waals surface area contributed by atoms with Crippen LogP contribution in [0, 0.1) is 31.8 Å². The van der Waals surface area contributed by atoms with Crippen molar-refractivity contribution in [3.8, 4) is 0 Å². The third-order valence-corrected chi connectivity index (χ3v) is 7.53. The lowest BCUT2D eigenvalue weighted by atomic mass is 9.33. The summed E-state index contributed by atoms with van der Waals surface area (Å²) in [6.07, 6.45) is 11.5. The van der Waals surface area contributed by atoms with Crippen LogP contribution in [-0.2, 0) is 4.84 Å². The highest BCUT2D eigenvalue weighted by atomic mass is 17.0. The Bertz CT molecular complexity index is 485. The van der Waals surface area contributed by atoms with Crippen LogP contribution in [0.4, 0.5) is 0 Å². The molecule has 4 bridgehead atoms. The molecule has 4 aliphatic carbocycles. The van der Waals surface area contributed by atoms with Gasteiger partial charge < -0.3 is 10.6 Å². The van der Waals surface area contributed by atoms with Gasteiger partial charge in [-0.1, -0.05) is 26.7 Å². The molecule has 4 saturated carbocycles. The predicted molar refractivity (Wildman–Crippen MR) is 93.8 cm³/mol. The summed E-state index contributed by atoms with van der Waals surface area (Å²) in [7, 11) is 0. The summed E-state index contributed by atoms with van der Waals surface area (Å²) in [5.74, 6) is 0. The third-order valence-electron chi connectivity index (χ3n) is 7.53. The molecule has 0 aliphatic heterocycles. The summed E-state index contributed by atoms with van der Waals surface area (Å²) in [5.41, 5.74) is 7.08. The van der Waals surface area contributed by atoms with Gasteiger partial charge in [0.2, 0.25) is 0 Å². The molecule has 5 nitrogen and oxygen atoms in total. The van der Waals surface area contributed by atoms with Crippen LogP contribution in [-0.4, -0.2) is 17.7 Å². The minimum Gasteiger partial charge on any atom is -0.330 e. The molecule has 0 saturated heterocycles. The molecule has 3 atom stereocenters. The van der Waals surface area contributed by atoms with E-state index in [9.17, 15) is 10.1 Å². The zero-order chi connectivity index (χ0) is 17.6. The third kappa shape index (κ3) is 2.73. The van der Waals surface area contributed by atoms with Crippen LogP contribution in [0.15, 0.2) is 0 Å². The van der Waals surface area contributed by atoms with Crippen LogP contribution in [0.5, 0.6) is 0 Å². The standard InChI is InChI=1S/C19H34N2O3/c1-4-6-16-8-17(7-5-2)10-18(9-16,14-20)13-19(11-16,12-17)15(3)24-21(22)23/h15H,4-14,20H2,1-3H3. The van der Waals surface area contributed by atoms with E-state index in [1.807, 2.05) is 6.92 Å². The summed E-state index contributed by atoms with van der Waals surface area (Å²) in [6, 6.07) is 0. The first-order valence-electron chi connectivity index (χ1n) is 9.78. The first-order valence-corrected chi connectivity index (χ1v) is 9.78. The van der Waals surface area contributed by atoms with E-state index in [0.29, 0.717) is 10.8 Å². The molecule has 5 heteroatoms. The van der Waals surface area contributed by atoms with Gasteiger partial charge in [-0.3, -0.25) is 0 Å². The SMILES string of the molecule is CCCC12CC3(CN)CC(CCC)(C1)CC(C(C)O[N+](=O)[O-])(C3)C2. The normalized spacial score (nSPS) is 44.5. The number of hydrogen-bond acceptors (Lipinski definition) is 4. The lowest BCUT2D eigenvalue weighted by Gasteiger charge is -2.72. The molecule has 4 fully saturated rings. The molecule has 4 aliphatic rings. The lowest BCUT2D eigenvalue weighted by Crippen LogP contribution is -2.65. The van der Waals surface area contributed by atoms with Crippen molar-refractivity contribution in [3.63, 3.8) is 0 Å². The van der Waals surface area contributed by atoms with Crippen molar-refractivity contribution in [1.29, 1.82) is 0 Å². The minimum absolute atomic E-state index is 0.0640. The van der Waals surface area contributed by atoms with Gasteiger partial charge >= 0.3 is 0 Å². The fourth-order valence-corrected chi connectivity index (χ4v) is 7.86. The fraction of sp³-hybridized carbons (Fsp3) is 1.00. The van der Waals surface area contributed by atoms with Crippen molar-refractivity contribution in [2.75, 3.05) is 6.54 Å². The van der Waals surface area contributed by atoms with Crippen molar-refractivity contribution in [3.05, 3.63) is 10.1 Å². The zero-order valence-corrected chi connectivity index (χ0v) is 15.6. The van der Waals surface area contributed by atoms with Crippen molar-refractivity contribution in [2.24, 2.45) is 27.4 Å². The first-order chi connectivity index (χ1) is 11.3. The fourth-order valence-electron chi connectivity index (χ4n) is 7.86. The Morgan fingerprint density at radius 3 is 1.88 bits per heavy atom. The molecular formula is C19H34N2O3. The molecule has 0 amide bonds. The summed E-state index contributed by atoms with van der Waals surface area (Å²) >= 11 is 0. The second-order valence-corrected chi connectivity index (χ2v) is 9.60. The van der Waals surface area contributed by atoms with Crippen LogP contribution in [0.3, 0.4) is 0 Å². The molecular weight excluding hydrogens is 304 g/mol. The average Bonchev–Trinajstić information content (AvgIpc) is 2.45. The lowest BCUT2D eigenvalue weighted by molar-refractivity contribution is -0.772. The second-order valence-electron chi connectivity index (χ2n) is 9.60. The van der Waals surface area contributed by atoms with Crippen molar-refractivity contribution >= 4 is 0 Å². The molecule has 2 N–H and O–H groups in total. The Kier molecular flexibility index (Phi) is 4.38. The van der Waals surface area contributed by atoms with Gasteiger partial charge in [-0.05, 0) is 86.5 Å². The average molecular weight is 338 g/mol. The van der Waals surface area contributed by atoms with Crippen LogP contribution >= 0.6 is 0 Å². The number of rotatable bonds is 8.